The molecule has 2 N–H and O–H groups in total. The van der Waals surface area contributed by atoms with Crippen LogP contribution in [0.3, 0.4) is 0 Å². The Morgan fingerprint density at radius 3 is 2.64 bits per heavy atom. The van der Waals surface area contributed by atoms with Crippen molar-refractivity contribution in [2.24, 2.45) is 11.7 Å². The molecule has 0 bridgehead atoms. The molecule has 1 aliphatic carbocycles. The molecule has 3 heteroatoms. The van der Waals surface area contributed by atoms with Gasteiger partial charge in [-0.05, 0) is 32.6 Å². The highest BCUT2D eigenvalue weighted by molar-refractivity contribution is 5.81. The molecule has 0 spiro atoms. The third kappa shape index (κ3) is 2.27. The van der Waals surface area contributed by atoms with Gasteiger partial charge < -0.3 is 10.5 Å². The molecule has 0 aliphatic heterocycles. The summed E-state index contributed by atoms with van der Waals surface area (Å²) < 4.78 is 5.20. The van der Waals surface area contributed by atoms with Gasteiger partial charge >= 0.3 is 5.97 Å². The van der Waals surface area contributed by atoms with E-state index in [9.17, 15) is 4.79 Å². The largest absolute Gasteiger partial charge is 0.462 e. The van der Waals surface area contributed by atoms with Gasteiger partial charge in [0.05, 0.1) is 6.10 Å². The van der Waals surface area contributed by atoms with E-state index in [0.717, 1.165) is 19.3 Å². The van der Waals surface area contributed by atoms with Gasteiger partial charge in [-0.15, -0.1) is 0 Å². The van der Waals surface area contributed by atoms with Crippen molar-refractivity contribution in [2.45, 2.75) is 58.1 Å². The molecule has 3 nitrogen and oxygen atoms in total. The van der Waals surface area contributed by atoms with E-state index in [1.165, 1.54) is 6.42 Å². The molecule has 1 saturated carbocycles. The first kappa shape index (κ1) is 11.5. The molecule has 0 saturated heterocycles. The van der Waals surface area contributed by atoms with Gasteiger partial charge in [-0.25, -0.2) is 0 Å². The summed E-state index contributed by atoms with van der Waals surface area (Å²) in [5, 5.41) is 0. The van der Waals surface area contributed by atoms with Crippen molar-refractivity contribution >= 4 is 5.97 Å². The zero-order chi connectivity index (χ0) is 10.8. The maximum Gasteiger partial charge on any atom is 0.326 e. The van der Waals surface area contributed by atoms with Crippen molar-refractivity contribution in [2.75, 3.05) is 0 Å². The lowest BCUT2D eigenvalue weighted by Gasteiger charge is -2.37. The van der Waals surface area contributed by atoms with Gasteiger partial charge in [0.25, 0.3) is 0 Å². The van der Waals surface area contributed by atoms with E-state index in [4.69, 9.17) is 10.5 Å². The Hall–Kier alpha value is -0.570. The van der Waals surface area contributed by atoms with E-state index in [1.54, 1.807) is 0 Å². The van der Waals surface area contributed by atoms with Crippen LogP contribution >= 0.6 is 0 Å². The average molecular weight is 199 g/mol. The van der Waals surface area contributed by atoms with Crippen molar-refractivity contribution in [1.82, 2.24) is 0 Å². The lowest BCUT2D eigenvalue weighted by molar-refractivity contribution is -0.157. The normalized spacial score (nSPS) is 33.1. The Morgan fingerprint density at radius 2 is 2.14 bits per heavy atom. The second kappa shape index (κ2) is 4.30. The summed E-state index contributed by atoms with van der Waals surface area (Å²) in [6, 6.07) is 0. The molecule has 0 aromatic heterocycles. The molecule has 0 amide bonds. The second-order valence-corrected chi connectivity index (χ2v) is 4.64. The summed E-state index contributed by atoms with van der Waals surface area (Å²) in [5.74, 6) is 0.0159. The Kier molecular flexibility index (Phi) is 3.53. The number of rotatable bonds is 2. The Labute approximate surface area is 86.0 Å². The van der Waals surface area contributed by atoms with Crippen LogP contribution in [0.25, 0.3) is 0 Å². The minimum absolute atomic E-state index is 0.0722. The summed E-state index contributed by atoms with van der Waals surface area (Å²) in [5.41, 5.74) is 5.39. The van der Waals surface area contributed by atoms with E-state index in [1.807, 2.05) is 20.8 Å². The molecule has 2 atom stereocenters. The van der Waals surface area contributed by atoms with Crippen LogP contribution in [0.1, 0.15) is 46.5 Å². The van der Waals surface area contributed by atoms with Crippen LogP contribution in [0.5, 0.6) is 0 Å². The molecule has 0 heterocycles. The highest BCUT2D eigenvalue weighted by atomic mass is 16.5. The van der Waals surface area contributed by atoms with Crippen molar-refractivity contribution in [1.29, 1.82) is 0 Å². The molecule has 14 heavy (non-hydrogen) atoms. The quantitative estimate of drug-likeness (QED) is 0.690. The third-order valence-electron chi connectivity index (χ3n) is 3.08. The smallest absolute Gasteiger partial charge is 0.326 e. The first-order valence-corrected chi connectivity index (χ1v) is 5.47. The van der Waals surface area contributed by atoms with E-state index >= 15 is 0 Å². The lowest BCUT2D eigenvalue weighted by Crippen LogP contribution is -2.56. The van der Waals surface area contributed by atoms with Gasteiger partial charge in [-0.1, -0.05) is 19.8 Å². The fourth-order valence-electron chi connectivity index (χ4n) is 2.00. The summed E-state index contributed by atoms with van der Waals surface area (Å²) in [6.45, 7) is 5.75. The number of hydrogen-bond donors (Lipinski definition) is 1. The summed E-state index contributed by atoms with van der Waals surface area (Å²) >= 11 is 0. The summed E-state index contributed by atoms with van der Waals surface area (Å²) in [6.07, 6.45) is 3.93. The van der Waals surface area contributed by atoms with Crippen molar-refractivity contribution in [3.8, 4) is 0 Å². The molecule has 82 valence electrons. The molecule has 1 fully saturated rings. The number of carbonyl (C=O) groups excluding carboxylic acids is 1. The van der Waals surface area contributed by atoms with Gasteiger partial charge in [-0.2, -0.15) is 0 Å². The number of nitrogens with two attached hydrogens (primary N) is 1. The van der Waals surface area contributed by atoms with Crippen LogP contribution in [0.4, 0.5) is 0 Å². The van der Waals surface area contributed by atoms with Crippen LogP contribution in [-0.2, 0) is 9.53 Å². The van der Waals surface area contributed by atoms with E-state index in [-0.39, 0.29) is 18.0 Å². The van der Waals surface area contributed by atoms with E-state index in [0.29, 0.717) is 0 Å². The average Bonchev–Trinajstić information content (AvgIpc) is 2.09. The van der Waals surface area contributed by atoms with Crippen LogP contribution in [-0.4, -0.2) is 17.6 Å². The second-order valence-electron chi connectivity index (χ2n) is 4.64. The fraction of sp³-hybridized carbons (Fsp3) is 0.909. The van der Waals surface area contributed by atoms with Gasteiger partial charge in [0.15, 0.2) is 0 Å². The third-order valence-corrected chi connectivity index (χ3v) is 3.08. The predicted octanol–water partition coefficient (Wildman–Crippen LogP) is 1.85. The van der Waals surface area contributed by atoms with E-state index in [2.05, 4.69) is 0 Å². The minimum Gasteiger partial charge on any atom is -0.462 e. The van der Waals surface area contributed by atoms with Crippen LogP contribution in [0.15, 0.2) is 0 Å². The molecular formula is C11H21NO2. The maximum absolute atomic E-state index is 11.8. The zero-order valence-corrected chi connectivity index (χ0v) is 9.38. The molecule has 0 radical (unpaired) electrons. The van der Waals surface area contributed by atoms with Gasteiger partial charge in [0, 0.05) is 0 Å². The van der Waals surface area contributed by atoms with E-state index < -0.39 is 5.54 Å². The van der Waals surface area contributed by atoms with Gasteiger partial charge in [0.2, 0.25) is 0 Å². The monoisotopic (exact) mass is 199 g/mol. The van der Waals surface area contributed by atoms with Crippen molar-refractivity contribution < 1.29 is 9.53 Å². The number of hydrogen-bond acceptors (Lipinski definition) is 3. The molecule has 2 unspecified atom stereocenters. The highest BCUT2D eigenvalue weighted by Gasteiger charge is 2.42. The maximum atomic E-state index is 11.8. The highest BCUT2D eigenvalue weighted by Crippen LogP contribution is 2.32. The molecule has 0 aromatic carbocycles. The molecule has 1 aliphatic rings. The van der Waals surface area contributed by atoms with Crippen molar-refractivity contribution in [3.63, 3.8) is 0 Å². The van der Waals surface area contributed by atoms with Gasteiger partial charge in [0.1, 0.15) is 5.54 Å². The fourth-order valence-corrected chi connectivity index (χ4v) is 2.00. The number of esters is 1. The van der Waals surface area contributed by atoms with Crippen LogP contribution < -0.4 is 5.73 Å². The Balaban J connectivity index is 2.66. The first-order valence-electron chi connectivity index (χ1n) is 5.47. The zero-order valence-electron chi connectivity index (χ0n) is 9.38. The first-order chi connectivity index (χ1) is 6.47. The number of carbonyl (C=O) groups is 1. The minimum atomic E-state index is -0.734. The van der Waals surface area contributed by atoms with Crippen LogP contribution in [0.2, 0.25) is 0 Å². The predicted molar refractivity (Wildman–Crippen MR) is 55.8 cm³/mol. The number of ether oxygens (including phenoxy) is 1. The topological polar surface area (TPSA) is 52.3 Å². The summed E-state index contributed by atoms with van der Waals surface area (Å²) in [7, 11) is 0. The summed E-state index contributed by atoms with van der Waals surface area (Å²) in [4.78, 5) is 11.8. The molecular weight excluding hydrogens is 178 g/mol. The standard InChI is InChI=1S/C11H21NO2/c1-8(2)14-10(13)11(12)7-5-4-6-9(11)3/h8-9H,4-7,12H2,1-3H3. The van der Waals surface area contributed by atoms with Crippen LogP contribution in [0, 0.1) is 5.92 Å². The SMILES string of the molecule is CC(C)OC(=O)C1(N)CCCCC1C. The molecule has 1 rings (SSSR count). The van der Waals surface area contributed by atoms with Gasteiger partial charge in [-0.3, -0.25) is 4.79 Å². The Morgan fingerprint density at radius 1 is 1.50 bits per heavy atom. The Bertz CT molecular complexity index is 215. The molecule has 0 aromatic rings. The van der Waals surface area contributed by atoms with Crippen molar-refractivity contribution in [3.05, 3.63) is 0 Å². The lowest BCUT2D eigenvalue weighted by atomic mass is 9.74.